The van der Waals surface area contributed by atoms with E-state index in [0.29, 0.717) is 22.3 Å². The molecule has 24 heavy (non-hydrogen) atoms. The molecule has 0 radical (unpaired) electrons. The molecule has 4 nitrogen and oxygen atoms in total. The van der Waals surface area contributed by atoms with E-state index in [4.69, 9.17) is 10.7 Å². The monoisotopic (exact) mass is 450 g/mol. The van der Waals surface area contributed by atoms with E-state index < -0.39 is 17.3 Å². The van der Waals surface area contributed by atoms with Crippen LogP contribution in [0.4, 0.5) is 0 Å². The molecule has 0 unspecified atom stereocenters. The third-order valence-corrected chi connectivity index (χ3v) is 13.6. The van der Waals surface area contributed by atoms with Gasteiger partial charge in [0.2, 0.25) is 0 Å². The average molecular weight is 452 g/mol. The second-order valence-corrected chi connectivity index (χ2v) is 16.2. The first kappa shape index (κ1) is 19.9. The molecule has 0 N–H and O–H groups in total. The number of halogens is 2. The maximum Gasteiger partial charge on any atom is 0.278 e. The van der Waals surface area contributed by atoms with Crippen LogP contribution in [0.25, 0.3) is 11.0 Å². The van der Waals surface area contributed by atoms with Crippen LogP contribution in [0.1, 0.15) is 41.5 Å². The van der Waals surface area contributed by atoms with Crippen molar-refractivity contribution in [2.24, 2.45) is 0 Å². The number of pyridine rings is 1. The van der Waals surface area contributed by atoms with Crippen molar-refractivity contribution >= 4 is 54.9 Å². The van der Waals surface area contributed by atoms with Gasteiger partial charge in [-0.1, -0.05) is 41.5 Å². The Morgan fingerprint density at radius 1 is 1.08 bits per heavy atom. The number of hydrogen-bond acceptors (Lipinski definition) is 3. The van der Waals surface area contributed by atoms with Crippen molar-refractivity contribution in [1.82, 2.24) is 9.22 Å². The molecule has 0 saturated heterocycles. The highest BCUT2D eigenvalue weighted by Gasteiger charge is 2.46. The van der Waals surface area contributed by atoms with E-state index in [1.807, 2.05) is 0 Å². The Kier molecular flexibility index (Phi) is 5.60. The molecule has 2 heterocycles. The minimum absolute atomic E-state index is 0.0947. The Hall–Kier alpha value is -0.373. The van der Waals surface area contributed by atoms with Gasteiger partial charge in [0, 0.05) is 26.7 Å². The lowest BCUT2D eigenvalue weighted by molar-refractivity contribution is 0.606. The minimum Gasteiger partial charge on any atom is -0.357 e. The topological polar surface area (TPSA) is 52.0 Å². The largest absolute Gasteiger partial charge is 0.357 e. The first-order chi connectivity index (χ1) is 10.9. The molecule has 134 valence electrons. The van der Waals surface area contributed by atoms with E-state index in [9.17, 15) is 8.42 Å². The Labute approximate surface area is 158 Å². The van der Waals surface area contributed by atoms with Crippen molar-refractivity contribution in [2.45, 2.75) is 63.2 Å². The van der Waals surface area contributed by atoms with Gasteiger partial charge in [0.25, 0.3) is 9.05 Å². The van der Waals surface area contributed by atoms with E-state index in [1.54, 1.807) is 6.07 Å². The highest BCUT2D eigenvalue weighted by molar-refractivity contribution is 9.10. The molecule has 0 spiro atoms. The van der Waals surface area contributed by atoms with Crippen LogP contribution >= 0.6 is 26.6 Å². The molecule has 2 aromatic rings. The van der Waals surface area contributed by atoms with Crippen LogP contribution in [0, 0.1) is 0 Å². The summed E-state index contributed by atoms with van der Waals surface area (Å²) in [5.74, 6) is 0. The van der Waals surface area contributed by atoms with Gasteiger partial charge in [-0.3, -0.25) is 0 Å². The van der Waals surface area contributed by atoms with Gasteiger partial charge in [0.05, 0.1) is 0 Å². The lowest BCUT2D eigenvalue weighted by Gasteiger charge is -2.44. The maximum absolute atomic E-state index is 11.7. The highest BCUT2D eigenvalue weighted by atomic mass is 79.9. The van der Waals surface area contributed by atoms with Gasteiger partial charge in [-0.15, -0.1) is 0 Å². The molecule has 0 aliphatic heterocycles. The average Bonchev–Trinajstić information content (AvgIpc) is 2.74. The van der Waals surface area contributed by atoms with Crippen molar-refractivity contribution < 1.29 is 8.42 Å². The first-order valence-electron chi connectivity index (χ1n) is 8.06. The summed E-state index contributed by atoms with van der Waals surface area (Å²) >= 11 is 3.61. The molecular formula is C16H24BrClN2O2SSi. The van der Waals surface area contributed by atoms with Gasteiger partial charge in [-0.2, -0.15) is 0 Å². The maximum atomic E-state index is 11.7. The van der Waals surface area contributed by atoms with Crippen LogP contribution in [-0.4, -0.2) is 25.9 Å². The molecule has 0 amide bonds. The Bertz CT molecular complexity index is 841. The normalized spacial score (nSPS) is 13.6. The smallest absolute Gasteiger partial charge is 0.278 e. The van der Waals surface area contributed by atoms with Gasteiger partial charge >= 0.3 is 0 Å². The summed E-state index contributed by atoms with van der Waals surface area (Å²) < 4.78 is 26.7. The van der Waals surface area contributed by atoms with Gasteiger partial charge in [0.15, 0.2) is 13.3 Å². The van der Waals surface area contributed by atoms with E-state index in [1.165, 1.54) is 6.07 Å². The molecule has 2 rings (SSSR count). The molecule has 0 saturated carbocycles. The SMILES string of the molecule is CC(C)[Si](C(C)C)(C(C)C)n1cc(Br)c2ccc(S(=O)(=O)Cl)nc21. The number of fused-ring (bicyclic) bond motifs is 1. The zero-order chi connectivity index (χ0) is 18.4. The van der Waals surface area contributed by atoms with E-state index in [0.717, 1.165) is 9.86 Å². The number of nitrogens with zero attached hydrogens (tertiary/aromatic N) is 2. The second-order valence-electron chi connectivity index (χ2n) is 7.16. The van der Waals surface area contributed by atoms with Crippen LogP contribution in [0.5, 0.6) is 0 Å². The molecule has 8 heteroatoms. The first-order valence-corrected chi connectivity index (χ1v) is 13.3. The van der Waals surface area contributed by atoms with Gasteiger partial charge in [-0.25, -0.2) is 13.4 Å². The lowest BCUT2D eigenvalue weighted by Crippen LogP contribution is -2.51. The van der Waals surface area contributed by atoms with Crippen molar-refractivity contribution in [1.29, 1.82) is 0 Å². The molecule has 0 aromatic carbocycles. The van der Waals surface area contributed by atoms with Crippen LogP contribution in [0.2, 0.25) is 16.6 Å². The van der Waals surface area contributed by atoms with Crippen LogP contribution < -0.4 is 0 Å². The second kappa shape index (κ2) is 6.74. The molecule has 0 fully saturated rings. The van der Waals surface area contributed by atoms with Crippen molar-refractivity contribution in [2.75, 3.05) is 0 Å². The highest BCUT2D eigenvalue weighted by Crippen LogP contribution is 2.45. The Morgan fingerprint density at radius 2 is 1.58 bits per heavy atom. The van der Waals surface area contributed by atoms with Crippen molar-refractivity contribution in [3.63, 3.8) is 0 Å². The number of aromatic nitrogens is 2. The summed E-state index contributed by atoms with van der Waals surface area (Å²) in [6, 6.07) is 3.24. The summed E-state index contributed by atoms with van der Waals surface area (Å²) in [5, 5.41) is 0.820. The van der Waals surface area contributed by atoms with Crippen molar-refractivity contribution in [3.05, 3.63) is 22.8 Å². The lowest BCUT2D eigenvalue weighted by atomic mass is 10.3. The van der Waals surface area contributed by atoms with E-state index in [2.05, 4.69) is 72.9 Å². The molecular weight excluding hydrogens is 428 g/mol. The fraction of sp³-hybridized carbons (Fsp3) is 0.562. The zero-order valence-electron chi connectivity index (χ0n) is 14.8. The summed E-state index contributed by atoms with van der Waals surface area (Å²) in [7, 11) is -0.383. The quantitative estimate of drug-likeness (QED) is 0.429. The molecule has 0 bridgehead atoms. The summed E-state index contributed by atoms with van der Waals surface area (Å²) in [6.45, 7) is 13.5. The minimum atomic E-state index is -3.86. The summed E-state index contributed by atoms with van der Waals surface area (Å²) in [6.07, 6.45) is 2.08. The van der Waals surface area contributed by atoms with Gasteiger partial charge < -0.3 is 4.23 Å². The fourth-order valence-electron chi connectivity index (χ4n) is 4.31. The Balaban J connectivity index is 2.93. The zero-order valence-corrected chi connectivity index (χ0v) is 19.0. The van der Waals surface area contributed by atoms with E-state index >= 15 is 0 Å². The van der Waals surface area contributed by atoms with Crippen LogP contribution in [0.3, 0.4) is 0 Å². The molecule has 2 aromatic heterocycles. The van der Waals surface area contributed by atoms with Crippen LogP contribution in [-0.2, 0) is 9.05 Å². The van der Waals surface area contributed by atoms with Crippen molar-refractivity contribution in [3.8, 4) is 0 Å². The van der Waals surface area contributed by atoms with Gasteiger partial charge in [0.1, 0.15) is 5.65 Å². The van der Waals surface area contributed by atoms with Gasteiger partial charge in [-0.05, 0) is 44.7 Å². The third-order valence-electron chi connectivity index (χ3n) is 5.02. The van der Waals surface area contributed by atoms with Crippen LogP contribution in [0.15, 0.2) is 27.8 Å². The molecule has 0 atom stereocenters. The summed E-state index contributed by atoms with van der Waals surface area (Å²) in [5.41, 5.74) is 2.11. The molecule has 0 aliphatic rings. The Morgan fingerprint density at radius 3 is 2.00 bits per heavy atom. The fourth-order valence-corrected chi connectivity index (χ4v) is 12.3. The predicted octanol–water partition coefficient (Wildman–Crippen LogP) is 5.75. The number of hydrogen-bond donors (Lipinski definition) is 0. The van der Waals surface area contributed by atoms with E-state index in [-0.39, 0.29) is 5.03 Å². The molecule has 0 aliphatic carbocycles. The standard InChI is InChI=1S/C16H24BrClN2O2SSi/c1-10(2)24(11(3)4,12(5)6)20-9-14(17)13-7-8-15(19-16(13)20)23(18,21)22/h7-12H,1-6H3. The number of rotatable bonds is 5. The predicted molar refractivity (Wildman–Crippen MR) is 107 cm³/mol. The summed E-state index contributed by atoms with van der Waals surface area (Å²) in [4.78, 5) is 4.43. The third kappa shape index (κ3) is 3.08.